The van der Waals surface area contributed by atoms with Crippen LogP contribution in [-0.2, 0) is 0 Å². The van der Waals surface area contributed by atoms with Gasteiger partial charge in [-0.2, -0.15) is 4.98 Å². The second kappa shape index (κ2) is 9.59. The van der Waals surface area contributed by atoms with Gasteiger partial charge in [-0.05, 0) is 63.1 Å². The molecular weight excluding hydrogens is 400 g/mol. The molecule has 0 amide bonds. The van der Waals surface area contributed by atoms with Gasteiger partial charge in [0.15, 0.2) is 0 Å². The molecule has 0 saturated heterocycles. The summed E-state index contributed by atoms with van der Waals surface area (Å²) in [6, 6.07) is 11.3. The molecule has 3 aromatic rings. The number of ether oxygens (including phenoxy) is 2. The molecule has 0 bridgehead atoms. The molecule has 0 unspecified atom stereocenters. The third-order valence-corrected chi connectivity index (χ3v) is 5.04. The van der Waals surface area contributed by atoms with E-state index >= 15 is 0 Å². The molecule has 3 rings (SSSR count). The van der Waals surface area contributed by atoms with Gasteiger partial charge >= 0.3 is 6.01 Å². The summed E-state index contributed by atoms with van der Waals surface area (Å²) in [5.41, 5.74) is 3.70. The summed E-state index contributed by atoms with van der Waals surface area (Å²) in [6.07, 6.45) is 3.42. The number of rotatable bonds is 7. The number of hydrogen-bond acceptors (Lipinski definition) is 5. The van der Waals surface area contributed by atoms with Gasteiger partial charge in [-0.3, -0.25) is 0 Å². The van der Waals surface area contributed by atoms with Gasteiger partial charge in [0, 0.05) is 36.4 Å². The van der Waals surface area contributed by atoms with Crippen LogP contribution in [0.1, 0.15) is 23.6 Å². The van der Waals surface area contributed by atoms with Gasteiger partial charge in [0.05, 0.1) is 12.0 Å². The summed E-state index contributed by atoms with van der Waals surface area (Å²) in [7, 11) is 1.99. The maximum absolute atomic E-state index is 6.15. The molecule has 1 heterocycles. The molecular formula is C23H25ClN4O2. The van der Waals surface area contributed by atoms with Crippen LogP contribution in [0.3, 0.4) is 0 Å². The van der Waals surface area contributed by atoms with Gasteiger partial charge in [0.1, 0.15) is 11.5 Å². The average molecular weight is 425 g/mol. The lowest BCUT2D eigenvalue weighted by Gasteiger charge is -2.13. The zero-order chi connectivity index (χ0) is 21.7. The molecule has 0 fully saturated rings. The number of halogens is 1. The van der Waals surface area contributed by atoms with E-state index in [0.717, 1.165) is 28.9 Å². The normalized spacial score (nSPS) is 11.0. The zero-order valence-corrected chi connectivity index (χ0v) is 18.6. The van der Waals surface area contributed by atoms with Crippen molar-refractivity contribution < 1.29 is 9.47 Å². The number of aliphatic imine (C=N–C) groups is 1. The second-order valence-corrected chi connectivity index (χ2v) is 7.37. The van der Waals surface area contributed by atoms with Gasteiger partial charge < -0.3 is 14.4 Å². The quantitative estimate of drug-likeness (QED) is 0.331. The molecule has 6 nitrogen and oxygen atoms in total. The second-order valence-electron chi connectivity index (χ2n) is 6.97. The predicted octanol–water partition coefficient (Wildman–Crippen LogP) is 6.25. The minimum atomic E-state index is 0.191. The number of nitrogens with zero attached hydrogens (tertiary/aromatic N) is 4. The Balaban J connectivity index is 1.80. The molecule has 0 spiro atoms. The van der Waals surface area contributed by atoms with Crippen LogP contribution in [0.2, 0.25) is 5.02 Å². The summed E-state index contributed by atoms with van der Waals surface area (Å²) >= 11 is 6.15. The van der Waals surface area contributed by atoms with Crippen LogP contribution in [0.25, 0.3) is 0 Å². The van der Waals surface area contributed by atoms with E-state index < -0.39 is 0 Å². The van der Waals surface area contributed by atoms with Crippen LogP contribution in [-0.4, -0.2) is 34.8 Å². The number of hydrogen-bond donors (Lipinski definition) is 0. The smallest absolute Gasteiger partial charge is 0.325 e. The first-order valence-electron chi connectivity index (χ1n) is 9.67. The van der Waals surface area contributed by atoms with Gasteiger partial charge in [-0.25, -0.2) is 9.98 Å². The summed E-state index contributed by atoms with van der Waals surface area (Å²) in [6.45, 7) is 8.84. The third-order valence-electron chi connectivity index (χ3n) is 4.63. The lowest BCUT2D eigenvalue weighted by molar-refractivity contribution is 0.408. The van der Waals surface area contributed by atoms with Crippen LogP contribution in [0.15, 0.2) is 47.6 Å². The number of benzene rings is 2. The molecule has 2 aromatic carbocycles. The average Bonchev–Trinajstić information content (AvgIpc) is 2.73. The van der Waals surface area contributed by atoms with E-state index in [-0.39, 0.29) is 6.01 Å². The molecule has 156 valence electrons. The molecule has 0 aliphatic rings. The largest absolute Gasteiger partial charge is 0.439 e. The van der Waals surface area contributed by atoms with Crippen molar-refractivity contribution in [3.05, 3.63) is 64.3 Å². The van der Waals surface area contributed by atoms with Crippen molar-refractivity contribution in [2.24, 2.45) is 4.99 Å². The summed E-state index contributed by atoms with van der Waals surface area (Å²) < 4.78 is 11.8. The Morgan fingerprint density at radius 2 is 1.87 bits per heavy atom. The van der Waals surface area contributed by atoms with Crippen molar-refractivity contribution in [3.63, 3.8) is 0 Å². The lowest BCUT2D eigenvalue weighted by Crippen LogP contribution is -2.14. The van der Waals surface area contributed by atoms with Crippen molar-refractivity contribution in [3.8, 4) is 23.4 Å². The van der Waals surface area contributed by atoms with E-state index in [2.05, 4.69) is 21.9 Å². The molecule has 1 aromatic heterocycles. The van der Waals surface area contributed by atoms with E-state index in [1.807, 2.05) is 69.4 Å². The maximum atomic E-state index is 6.15. The highest BCUT2D eigenvalue weighted by atomic mass is 35.5. The monoisotopic (exact) mass is 424 g/mol. The zero-order valence-electron chi connectivity index (χ0n) is 17.8. The minimum Gasteiger partial charge on any atom is -0.439 e. The van der Waals surface area contributed by atoms with Crippen LogP contribution >= 0.6 is 11.6 Å². The first kappa shape index (κ1) is 21.6. The van der Waals surface area contributed by atoms with E-state index in [1.165, 1.54) is 0 Å². The van der Waals surface area contributed by atoms with Gasteiger partial charge in [-0.1, -0.05) is 17.7 Å². The van der Waals surface area contributed by atoms with Crippen molar-refractivity contribution >= 4 is 23.6 Å². The lowest BCUT2D eigenvalue weighted by atomic mass is 10.1. The Morgan fingerprint density at radius 1 is 1.07 bits per heavy atom. The fourth-order valence-corrected chi connectivity index (χ4v) is 2.77. The Morgan fingerprint density at radius 3 is 2.63 bits per heavy atom. The fourth-order valence-electron chi connectivity index (χ4n) is 2.61. The van der Waals surface area contributed by atoms with E-state index in [9.17, 15) is 0 Å². The summed E-state index contributed by atoms with van der Waals surface area (Å²) in [4.78, 5) is 15.1. The molecule has 0 saturated carbocycles. The Hall–Kier alpha value is -3.12. The van der Waals surface area contributed by atoms with Gasteiger partial charge in [-0.15, -0.1) is 0 Å². The van der Waals surface area contributed by atoms with Crippen LogP contribution in [0.4, 0.5) is 5.69 Å². The Bertz CT molecular complexity index is 1070. The Kier molecular flexibility index (Phi) is 6.90. The van der Waals surface area contributed by atoms with Gasteiger partial charge in [0.25, 0.3) is 0 Å². The van der Waals surface area contributed by atoms with E-state index in [0.29, 0.717) is 22.4 Å². The van der Waals surface area contributed by atoms with Crippen molar-refractivity contribution in [2.75, 3.05) is 13.6 Å². The van der Waals surface area contributed by atoms with Crippen molar-refractivity contribution in [2.45, 2.75) is 27.7 Å². The molecule has 0 aliphatic carbocycles. The first-order valence-corrected chi connectivity index (χ1v) is 10.0. The molecule has 0 N–H and O–H groups in total. The van der Waals surface area contributed by atoms with Crippen LogP contribution in [0.5, 0.6) is 23.4 Å². The fraction of sp³-hybridized carbons (Fsp3) is 0.261. The molecule has 0 atom stereocenters. The number of aromatic nitrogens is 2. The Labute approximate surface area is 182 Å². The molecule has 0 aliphatic heterocycles. The van der Waals surface area contributed by atoms with Gasteiger partial charge in [0.2, 0.25) is 5.88 Å². The summed E-state index contributed by atoms with van der Waals surface area (Å²) in [5, 5.41) is 0.624. The van der Waals surface area contributed by atoms with Crippen molar-refractivity contribution in [1.29, 1.82) is 0 Å². The minimum absolute atomic E-state index is 0.191. The molecule has 0 radical (unpaired) electrons. The molecule has 30 heavy (non-hydrogen) atoms. The number of aryl methyl sites for hydroxylation is 2. The van der Waals surface area contributed by atoms with Crippen LogP contribution < -0.4 is 9.47 Å². The topological polar surface area (TPSA) is 59.8 Å². The highest BCUT2D eigenvalue weighted by Crippen LogP contribution is 2.32. The third kappa shape index (κ3) is 5.27. The predicted molar refractivity (Wildman–Crippen MR) is 121 cm³/mol. The van der Waals surface area contributed by atoms with E-state index in [4.69, 9.17) is 21.1 Å². The van der Waals surface area contributed by atoms with E-state index in [1.54, 1.807) is 12.3 Å². The van der Waals surface area contributed by atoms with Crippen molar-refractivity contribution in [1.82, 2.24) is 14.9 Å². The van der Waals surface area contributed by atoms with Crippen LogP contribution in [0, 0.1) is 20.8 Å². The SMILES string of the molecule is CCN(C)C=Nc1cc(C)c(Oc2ccnc(Oc3cccc(Cl)c3C)n2)cc1C. The first-order chi connectivity index (χ1) is 14.4. The standard InChI is InChI=1S/C23H25ClN4O2/c1-6-28(5)14-26-19-12-16(3)21(13-15(19)2)29-22-10-11-25-23(27-22)30-20-9-7-8-18(24)17(20)4/h7-14H,6H2,1-5H3. The maximum Gasteiger partial charge on any atom is 0.325 e. The highest BCUT2D eigenvalue weighted by molar-refractivity contribution is 6.31. The molecule has 7 heteroatoms. The highest BCUT2D eigenvalue weighted by Gasteiger charge is 2.10. The summed E-state index contributed by atoms with van der Waals surface area (Å²) in [5.74, 6) is 1.70.